The zero-order valence-electron chi connectivity index (χ0n) is 4.74. The Morgan fingerprint density at radius 1 is 1.80 bits per heavy atom. The summed E-state index contributed by atoms with van der Waals surface area (Å²) < 4.78 is 12.0. The molecule has 1 aliphatic heterocycles. The average molecular weight is 144 g/mol. The van der Waals surface area contributed by atoms with Gasteiger partial charge in [0.25, 0.3) is 11.8 Å². The number of nitro groups is 1. The summed E-state index contributed by atoms with van der Waals surface area (Å²) in [6, 6.07) is 0. The molecule has 6 heteroatoms. The van der Waals surface area contributed by atoms with E-state index in [1.807, 2.05) is 5.32 Å². The molecular formula is C4H3FN3O2. The fourth-order valence-corrected chi connectivity index (χ4v) is 0.431. The first-order valence-corrected chi connectivity index (χ1v) is 2.38. The Hall–Kier alpha value is -1.46. The second-order valence-corrected chi connectivity index (χ2v) is 1.52. The zero-order valence-corrected chi connectivity index (χ0v) is 4.74. The first-order valence-electron chi connectivity index (χ1n) is 2.38. The lowest BCUT2D eigenvalue weighted by Crippen LogP contribution is -2.22. The van der Waals surface area contributed by atoms with E-state index in [-0.39, 0.29) is 5.70 Å². The molecule has 0 aliphatic carbocycles. The molecule has 0 spiro atoms. The fourth-order valence-electron chi connectivity index (χ4n) is 0.431. The lowest BCUT2D eigenvalue weighted by atomic mass is 10.4. The molecule has 1 heterocycles. The number of nitrogens with one attached hydrogen (secondary N) is 1. The number of rotatable bonds is 1. The van der Waals surface area contributed by atoms with E-state index in [0.29, 0.717) is 0 Å². The van der Waals surface area contributed by atoms with Crippen molar-refractivity contribution in [1.29, 1.82) is 0 Å². The molecular weight excluding hydrogens is 141 g/mol. The third-order valence-corrected chi connectivity index (χ3v) is 0.860. The predicted octanol–water partition coefficient (Wildman–Crippen LogP) is 0.195. The van der Waals surface area contributed by atoms with E-state index in [1.165, 1.54) is 0 Å². The van der Waals surface area contributed by atoms with Crippen LogP contribution in [0.2, 0.25) is 0 Å². The topological polar surface area (TPSA) is 67.5 Å². The Morgan fingerprint density at radius 2 is 2.50 bits per heavy atom. The molecule has 0 aromatic heterocycles. The Balaban J connectivity index is 2.74. The van der Waals surface area contributed by atoms with Crippen molar-refractivity contribution in [2.45, 2.75) is 0 Å². The minimum Gasteiger partial charge on any atom is -0.331 e. The lowest BCUT2D eigenvalue weighted by Gasteiger charge is -2.01. The second kappa shape index (κ2) is 2.42. The van der Waals surface area contributed by atoms with Crippen LogP contribution in [0.25, 0.3) is 0 Å². The van der Waals surface area contributed by atoms with Crippen molar-refractivity contribution in [3.05, 3.63) is 28.6 Å². The molecule has 0 saturated carbocycles. The molecule has 0 amide bonds. The highest BCUT2D eigenvalue weighted by Crippen LogP contribution is 2.03. The molecule has 0 aromatic carbocycles. The smallest absolute Gasteiger partial charge is 0.289 e. The SMILES string of the molecule is O=[N+]([O-])C1=CN=C(F)N[CH]1. The fraction of sp³-hybridized carbons (Fsp3) is 0. The molecule has 1 radical (unpaired) electrons. The summed E-state index contributed by atoms with van der Waals surface area (Å²) in [5.41, 5.74) is -0.263. The van der Waals surface area contributed by atoms with Gasteiger partial charge in [-0.05, 0) is 0 Å². The van der Waals surface area contributed by atoms with E-state index >= 15 is 0 Å². The molecule has 0 bridgehead atoms. The first kappa shape index (κ1) is 6.66. The number of hydrogen-bond donors (Lipinski definition) is 1. The van der Waals surface area contributed by atoms with E-state index in [2.05, 4.69) is 4.99 Å². The van der Waals surface area contributed by atoms with Crippen molar-refractivity contribution in [2.24, 2.45) is 4.99 Å². The molecule has 53 valence electrons. The summed E-state index contributed by atoms with van der Waals surface area (Å²) in [7, 11) is 0. The maximum absolute atomic E-state index is 12.0. The average Bonchev–Trinajstić information content (AvgIpc) is 1.88. The van der Waals surface area contributed by atoms with Crippen molar-refractivity contribution in [3.8, 4) is 0 Å². The molecule has 0 saturated heterocycles. The number of nitrogens with zero attached hydrogens (tertiary/aromatic N) is 2. The molecule has 0 unspecified atom stereocenters. The zero-order chi connectivity index (χ0) is 7.56. The summed E-state index contributed by atoms with van der Waals surface area (Å²) in [5.74, 6) is 0. The summed E-state index contributed by atoms with van der Waals surface area (Å²) in [6.45, 7) is 0.933. The molecule has 1 aliphatic rings. The third kappa shape index (κ3) is 1.28. The van der Waals surface area contributed by atoms with E-state index in [9.17, 15) is 14.5 Å². The summed E-state index contributed by atoms with van der Waals surface area (Å²) in [4.78, 5) is 12.3. The second-order valence-electron chi connectivity index (χ2n) is 1.52. The van der Waals surface area contributed by atoms with Crippen LogP contribution in [0.1, 0.15) is 0 Å². The van der Waals surface area contributed by atoms with Crippen LogP contribution in [0.5, 0.6) is 0 Å². The number of aliphatic imine (C=N–C) groups is 1. The van der Waals surface area contributed by atoms with Crippen molar-refractivity contribution in [2.75, 3.05) is 0 Å². The van der Waals surface area contributed by atoms with Gasteiger partial charge in [-0.3, -0.25) is 10.1 Å². The highest BCUT2D eigenvalue weighted by Gasteiger charge is 2.15. The van der Waals surface area contributed by atoms with Gasteiger partial charge in [0.2, 0.25) is 0 Å². The summed E-state index contributed by atoms with van der Waals surface area (Å²) >= 11 is 0. The van der Waals surface area contributed by atoms with Crippen LogP contribution in [0.3, 0.4) is 0 Å². The van der Waals surface area contributed by atoms with Crippen LogP contribution < -0.4 is 5.32 Å². The van der Waals surface area contributed by atoms with E-state index in [1.54, 1.807) is 0 Å². The normalized spacial score (nSPS) is 16.9. The Morgan fingerprint density at radius 3 is 2.90 bits per heavy atom. The van der Waals surface area contributed by atoms with Gasteiger partial charge >= 0.3 is 0 Å². The molecule has 0 atom stereocenters. The van der Waals surface area contributed by atoms with Gasteiger partial charge in [-0.2, -0.15) is 4.39 Å². The third-order valence-electron chi connectivity index (χ3n) is 0.860. The Kier molecular flexibility index (Phi) is 1.61. The Bertz CT molecular complexity index is 223. The molecule has 1 N–H and O–H groups in total. The standard InChI is InChI=1S/C4H3FN3O2/c5-4-6-1-3(2-7-4)8(9)10/h1-2H,(H,6,7). The van der Waals surface area contributed by atoms with Crippen LogP contribution in [0.15, 0.2) is 16.9 Å². The van der Waals surface area contributed by atoms with Crippen molar-refractivity contribution in [1.82, 2.24) is 5.32 Å². The minimum absolute atomic E-state index is 0.263. The maximum Gasteiger partial charge on any atom is 0.289 e. The molecule has 5 nitrogen and oxygen atoms in total. The van der Waals surface area contributed by atoms with Gasteiger partial charge in [-0.15, -0.1) is 0 Å². The Labute approximate surface area is 55.4 Å². The van der Waals surface area contributed by atoms with Crippen LogP contribution in [0.4, 0.5) is 4.39 Å². The van der Waals surface area contributed by atoms with Crippen molar-refractivity contribution in [3.63, 3.8) is 0 Å². The van der Waals surface area contributed by atoms with E-state index < -0.39 is 11.0 Å². The van der Waals surface area contributed by atoms with Gasteiger partial charge in [0, 0.05) is 0 Å². The van der Waals surface area contributed by atoms with Crippen LogP contribution in [-0.4, -0.2) is 11.0 Å². The van der Waals surface area contributed by atoms with E-state index in [0.717, 1.165) is 12.7 Å². The monoisotopic (exact) mass is 144 g/mol. The molecule has 0 aromatic rings. The highest BCUT2D eigenvalue weighted by atomic mass is 19.1. The predicted molar refractivity (Wildman–Crippen MR) is 31.1 cm³/mol. The summed E-state index contributed by atoms with van der Waals surface area (Å²) in [5, 5.41) is 11.9. The molecule has 10 heavy (non-hydrogen) atoms. The van der Waals surface area contributed by atoms with Crippen molar-refractivity contribution < 1.29 is 9.31 Å². The van der Waals surface area contributed by atoms with Gasteiger partial charge in [0.05, 0.1) is 4.92 Å². The number of hydrogen-bond acceptors (Lipinski definition) is 4. The maximum atomic E-state index is 12.0. The number of halogens is 1. The van der Waals surface area contributed by atoms with Crippen LogP contribution in [-0.2, 0) is 0 Å². The summed E-state index contributed by atoms with van der Waals surface area (Å²) in [6.07, 6.45) is -0.00292. The highest BCUT2D eigenvalue weighted by molar-refractivity contribution is 5.75. The van der Waals surface area contributed by atoms with Gasteiger partial charge in [-0.25, -0.2) is 4.99 Å². The van der Waals surface area contributed by atoms with Gasteiger partial charge in [-0.1, -0.05) is 0 Å². The van der Waals surface area contributed by atoms with Gasteiger partial charge in [0.15, 0.2) is 6.54 Å². The van der Waals surface area contributed by atoms with Gasteiger partial charge in [0.1, 0.15) is 6.20 Å². The van der Waals surface area contributed by atoms with Crippen LogP contribution >= 0.6 is 0 Å². The van der Waals surface area contributed by atoms with E-state index in [4.69, 9.17) is 0 Å². The lowest BCUT2D eigenvalue weighted by molar-refractivity contribution is -0.422. The molecule has 0 fully saturated rings. The first-order chi connectivity index (χ1) is 4.70. The number of amidine groups is 1. The van der Waals surface area contributed by atoms with Crippen molar-refractivity contribution >= 4 is 6.09 Å². The quantitative estimate of drug-likeness (QED) is 0.324. The largest absolute Gasteiger partial charge is 0.331 e. The van der Waals surface area contributed by atoms with Crippen LogP contribution in [0, 0.1) is 16.7 Å². The molecule has 1 rings (SSSR count). The van der Waals surface area contributed by atoms with Gasteiger partial charge < -0.3 is 5.32 Å². The minimum atomic E-state index is -0.842.